The average Bonchev–Trinajstić information content (AvgIpc) is 3.10. The fourth-order valence-electron chi connectivity index (χ4n) is 4.41. The van der Waals surface area contributed by atoms with E-state index in [0.29, 0.717) is 23.5 Å². The molecule has 2 aromatic rings. The van der Waals surface area contributed by atoms with Crippen molar-refractivity contribution in [3.8, 4) is 6.07 Å². The summed E-state index contributed by atoms with van der Waals surface area (Å²) in [6.45, 7) is 4.20. The van der Waals surface area contributed by atoms with Crippen LogP contribution in [0.4, 0.5) is 17.6 Å². The Kier molecular flexibility index (Phi) is 7.69. The van der Waals surface area contributed by atoms with Crippen LogP contribution < -0.4 is 10.6 Å². The molecule has 1 amide bonds. The summed E-state index contributed by atoms with van der Waals surface area (Å²) in [6.07, 6.45) is -4.33. The van der Waals surface area contributed by atoms with Crippen LogP contribution >= 0.6 is 12.2 Å². The van der Waals surface area contributed by atoms with Crippen LogP contribution in [0.5, 0.6) is 0 Å². The number of amides is 1. The number of nitriles is 1. The Balaban J connectivity index is 2.14. The predicted octanol–water partition coefficient (Wildman–Crippen LogP) is 4.46. The number of nitrogens with one attached hydrogen (secondary N) is 2. The molecule has 2 N–H and O–H groups in total. The van der Waals surface area contributed by atoms with Gasteiger partial charge in [0.2, 0.25) is 0 Å². The van der Waals surface area contributed by atoms with Crippen LogP contribution in [0.2, 0.25) is 0 Å². The maximum absolute atomic E-state index is 14.6. The zero-order chi connectivity index (χ0) is 26.8. The summed E-state index contributed by atoms with van der Waals surface area (Å²) in [6, 6.07) is 7.65. The standard InChI is InChI=1S/C25H24F4N4O2S/c1-24(2)13-32-23(36)33(24)21(16-6-17(22(35)31-3)8-19(26)7-16)10-18(12-34)14-4-5-15(11-30)20(9-14)25(27,28)29/h4-9,12,18,21H,10,13H2,1-3H3,(H,31,35)(H,32,36). The Labute approximate surface area is 211 Å². The molecule has 6 nitrogen and oxygen atoms in total. The van der Waals surface area contributed by atoms with Crippen LogP contribution in [0.1, 0.15) is 64.8 Å². The van der Waals surface area contributed by atoms with Gasteiger partial charge < -0.3 is 20.3 Å². The van der Waals surface area contributed by atoms with Gasteiger partial charge in [-0.1, -0.05) is 6.07 Å². The number of carbonyl (C=O) groups is 2. The van der Waals surface area contributed by atoms with Crippen molar-refractivity contribution in [2.75, 3.05) is 13.6 Å². The zero-order valence-electron chi connectivity index (χ0n) is 19.7. The van der Waals surface area contributed by atoms with Crippen molar-refractivity contribution < 1.29 is 27.2 Å². The van der Waals surface area contributed by atoms with Crippen LogP contribution in [0.3, 0.4) is 0 Å². The van der Waals surface area contributed by atoms with Gasteiger partial charge in [-0.3, -0.25) is 4.79 Å². The van der Waals surface area contributed by atoms with Crippen LogP contribution in [0, 0.1) is 17.1 Å². The lowest BCUT2D eigenvalue weighted by atomic mass is 9.86. The van der Waals surface area contributed by atoms with Crippen molar-refractivity contribution in [1.82, 2.24) is 15.5 Å². The van der Waals surface area contributed by atoms with E-state index >= 15 is 0 Å². The van der Waals surface area contributed by atoms with Crippen molar-refractivity contribution >= 4 is 29.5 Å². The second-order valence-electron chi connectivity index (χ2n) is 9.10. The molecule has 2 atom stereocenters. The van der Waals surface area contributed by atoms with Gasteiger partial charge >= 0.3 is 6.18 Å². The number of carbonyl (C=O) groups excluding carboxylic acids is 2. The SMILES string of the molecule is CNC(=O)c1cc(F)cc(C(CC(C=O)c2ccc(C#N)c(C(F)(F)F)c2)N2C(=S)NCC2(C)C)c1. The summed E-state index contributed by atoms with van der Waals surface area (Å²) >= 11 is 5.48. The highest BCUT2D eigenvalue weighted by molar-refractivity contribution is 7.80. The van der Waals surface area contributed by atoms with Gasteiger partial charge in [-0.2, -0.15) is 18.4 Å². The molecular formula is C25H24F4N4O2S. The molecule has 2 unspecified atom stereocenters. The number of halogens is 4. The summed E-state index contributed by atoms with van der Waals surface area (Å²) in [5, 5.41) is 14.9. The average molecular weight is 521 g/mol. The third-order valence-electron chi connectivity index (χ3n) is 6.19. The molecule has 1 aliphatic rings. The summed E-state index contributed by atoms with van der Waals surface area (Å²) in [5.41, 5.74) is -1.84. The van der Waals surface area contributed by atoms with Crippen molar-refractivity contribution in [3.05, 3.63) is 70.0 Å². The molecule has 1 saturated heterocycles. The Morgan fingerprint density at radius 2 is 1.97 bits per heavy atom. The first-order valence-corrected chi connectivity index (χ1v) is 11.4. The first-order chi connectivity index (χ1) is 16.8. The topological polar surface area (TPSA) is 85.2 Å². The Morgan fingerprint density at radius 1 is 1.28 bits per heavy atom. The lowest BCUT2D eigenvalue weighted by molar-refractivity contribution is -0.137. The van der Waals surface area contributed by atoms with Crippen LogP contribution in [0.15, 0.2) is 36.4 Å². The monoisotopic (exact) mass is 520 g/mol. The molecule has 0 radical (unpaired) electrons. The van der Waals surface area contributed by atoms with Gasteiger partial charge in [0.25, 0.3) is 5.91 Å². The Hall–Kier alpha value is -3.52. The number of rotatable bonds is 7. The normalized spacial score (nSPS) is 16.6. The van der Waals surface area contributed by atoms with Gasteiger partial charge in [0, 0.05) is 25.1 Å². The van der Waals surface area contributed by atoms with Crippen LogP contribution in [-0.4, -0.2) is 41.3 Å². The minimum atomic E-state index is -4.79. The van der Waals surface area contributed by atoms with E-state index in [1.54, 1.807) is 4.90 Å². The largest absolute Gasteiger partial charge is 0.417 e. The molecule has 3 rings (SSSR count). The number of nitrogens with zero attached hydrogens (tertiary/aromatic N) is 2. The maximum Gasteiger partial charge on any atom is 0.417 e. The van der Waals surface area contributed by atoms with E-state index in [2.05, 4.69) is 10.6 Å². The van der Waals surface area contributed by atoms with E-state index in [-0.39, 0.29) is 17.5 Å². The molecule has 0 aliphatic carbocycles. The summed E-state index contributed by atoms with van der Waals surface area (Å²) in [7, 11) is 1.40. The number of hydrogen-bond donors (Lipinski definition) is 2. The first-order valence-electron chi connectivity index (χ1n) is 11.0. The van der Waals surface area contributed by atoms with Crippen LogP contribution in [0.25, 0.3) is 0 Å². The molecule has 1 aliphatic heterocycles. The van der Waals surface area contributed by atoms with Gasteiger partial charge in [-0.15, -0.1) is 0 Å². The molecule has 1 fully saturated rings. The molecule has 0 aromatic heterocycles. The maximum atomic E-state index is 14.6. The van der Waals surface area contributed by atoms with Gasteiger partial charge in [-0.25, -0.2) is 4.39 Å². The first kappa shape index (κ1) is 27.1. The Bertz CT molecular complexity index is 1240. The van der Waals surface area contributed by atoms with Crippen LogP contribution in [-0.2, 0) is 11.0 Å². The molecular weight excluding hydrogens is 496 g/mol. The number of thiocarbonyl (C=S) groups is 1. The lowest BCUT2D eigenvalue weighted by Crippen LogP contribution is -2.45. The quantitative estimate of drug-likeness (QED) is 0.319. The number of alkyl halides is 3. The summed E-state index contributed by atoms with van der Waals surface area (Å²) in [5.74, 6) is -2.26. The number of aldehydes is 1. The molecule has 11 heteroatoms. The van der Waals surface area contributed by atoms with E-state index in [4.69, 9.17) is 17.5 Å². The van der Waals surface area contributed by atoms with Crippen molar-refractivity contribution in [2.45, 2.75) is 43.9 Å². The van der Waals surface area contributed by atoms with E-state index in [0.717, 1.165) is 18.2 Å². The molecule has 0 spiro atoms. The highest BCUT2D eigenvalue weighted by Crippen LogP contribution is 2.40. The minimum Gasteiger partial charge on any atom is -0.360 e. The molecule has 190 valence electrons. The second-order valence-corrected chi connectivity index (χ2v) is 9.49. The third-order valence-corrected chi connectivity index (χ3v) is 6.53. The van der Waals surface area contributed by atoms with Gasteiger partial charge in [0.1, 0.15) is 12.1 Å². The Morgan fingerprint density at radius 3 is 2.50 bits per heavy atom. The third kappa shape index (κ3) is 5.49. The second kappa shape index (κ2) is 10.2. The van der Waals surface area contributed by atoms with E-state index in [1.165, 1.54) is 31.3 Å². The number of benzene rings is 2. The molecule has 1 heterocycles. The number of hydrogen-bond acceptors (Lipinski definition) is 4. The summed E-state index contributed by atoms with van der Waals surface area (Å²) in [4.78, 5) is 26.2. The van der Waals surface area contributed by atoms with E-state index in [1.807, 2.05) is 13.8 Å². The highest BCUT2D eigenvalue weighted by Gasteiger charge is 2.42. The lowest BCUT2D eigenvalue weighted by Gasteiger charge is -2.40. The predicted molar refractivity (Wildman–Crippen MR) is 129 cm³/mol. The van der Waals surface area contributed by atoms with Crippen molar-refractivity contribution in [3.63, 3.8) is 0 Å². The fraction of sp³-hybridized carbons (Fsp3) is 0.360. The fourth-order valence-corrected chi connectivity index (χ4v) is 4.85. The van der Waals surface area contributed by atoms with E-state index < -0.39 is 46.5 Å². The van der Waals surface area contributed by atoms with Gasteiger partial charge in [0.15, 0.2) is 5.11 Å². The summed E-state index contributed by atoms with van der Waals surface area (Å²) < 4.78 is 55.3. The molecule has 0 saturated carbocycles. The van der Waals surface area contributed by atoms with Crippen molar-refractivity contribution in [2.24, 2.45) is 0 Å². The highest BCUT2D eigenvalue weighted by atomic mass is 32.1. The molecule has 36 heavy (non-hydrogen) atoms. The van der Waals surface area contributed by atoms with Crippen molar-refractivity contribution in [1.29, 1.82) is 5.26 Å². The van der Waals surface area contributed by atoms with E-state index in [9.17, 15) is 27.2 Å². The van der Waals surface area contributed by atoms with Gasteiger partial charge in [0.05, 0.1) is 28.8 Å². The molecule has 2 aromatic carbocycles. The van der Waals surface area contributed by atoms with Gasteiger partial charge in [-0.05, 0) is 73.9 Å². The smallest absolute Gasteiger partial charge is 0.360 e. The zero-order valence-corrected chi connectivity index (χ0v) is 20.6. The molecule has 0 bridgehead atoms. The minimum absolute atomic E-state index is 0.0498.